The van der Waals surface area contributed by atoms with Crippen LogP contribution < -0.4 is 10.5 Å². The molecular formula is C13H20ClNO. The van der Waals surface area contributed by atoms with Crippen LogP contribution in [0.5, 0.6) is 5.75 Å². The van der Waals surface area contributed by atoms with Crippen molar-refractivity contribution in [3.8, 4) is 5.75 Å². The van der Waals surface area contributed by atoms with Gasteiger partial charge in [-0.3, -0.25) is 0 Å². The van der Waals surface area contributed by atoms with Gasteiger partial charge in [0.25, 0.3) is 0 Å². The Kier molecular flexibility index (Phi) is 4.63. The minimum atomic E-state index is -0.0149. The van der Waals surface area contributed by atoms with E-state index in [0.717, 1.165) is 33.9 Å². The largest absolute Gasteiger partial charge is 0.493 e. The first-order chi connectivity index (χ1) is 7.52. The monoisotopic (exact) mass is 241 g/mol. The van der Waals surface area contributed by atoms with Gasteiger partial charge in [0.2, 0.25) is 0 Å². The van der Waals surface area contributed by atoms with Crippen LogP contribution in [0.4, 0.5) is 0 Å². The highest BCUT2D eigenvalue weighted by Gasteiger charge is 2.18. The molecule has 1 rings (SSSR count). The van der Waals surface area contributed by atoms with Crippen LogP contribution in [0.2, 0.25) is 5.02 Å². The summed E-state index contributed by atoms with van der Waals surface area (Å²) in [6.07, 6.45) is 0.876. The summed E-state index contributed by atoms with van der Waals surface area (Å²) in [6.45, 7) is 8.68. The fourth-order valence-electron chi connectivity index (χ4n) is 1.86. The second-order valence-corrected chi connectivity index (χ2v) is 4.40. The number of hydrogen-bond donors (Lipinski definition) is 1. The molecule has 1 aromatic rings. The number of halogens is 1. The van der Waals surface area contributed by atoms with Crippen molar-refractivity contribution in [1.82, 2.24) is 0 Å². The van der Waals surface area contributed by atoms with Crippen LogP contribution in [-0.2, 0) is 0 Å². The predicted molar refractivity (Wildman–Crippen MR) is 69.3 cm³/mol. The Balaban J connectivity index is 3.38. The van der Waals surface area contributed by atoms with Crippen LogP contribution in [0.1, 0.15) is 43.0 Å². The van der Waals surface area contributed by atoms with Crippen molar-refractivity contribution >= 4 is 11.6 Å². The topological polar surface area (TPSA) is 35.2 Å². The van der Waals surface area contributed by atoms with Crippen LogP contribution in [0, 0.1) is 13.8 Å². The molecule has 2 nitrogen and oxygen atoms in total. The van der Waals surface area contributed by atoms with Crippen LogP contribution in [0.25, 0.3) is 0 Å². The Hall–Kier alpha value is -0.730. The molecule has 0 fully saturated rings. The normalized spacial score (nSPS) is 12.6. The molecule has 0 saturated heterocycles. The van der Waals surface area contributed by atoms with Gasteiger partial charge in [-0.25, -0.2) is 0 Å². The quantitative estimate of drug-likeness (QED) is 0.871. The summed E-state index contributed by atoms with van der Waals surface area (Å²) in [7, 11) is 0. The zero-order valence-electron chi connectivity index (χ0n) is 10.4. The lowest BCUT2D eigenvalue weighted by atomic mass is 9.96. The standard InChI is InChI=1S/C13H20ClNO/c1-5-11(15)12-9(4)10(14)7-8(3)13(12)16-6-2/h7,11H,5-6,15H2,1-4H3. The molecule has 1 unspecified atom stereocenters. The van der Waals surface area contributed by atoms with E-state index >= 15 is 0 Å². The first kappa shape index (κ1) is 13.3. The average Bonchev–Trinajstić information content (AvgIpc) is 2.25. The Morgan fingerprint density at radius 3 is 2.50 bits per heavy atom. The fourth-order valence-corrected chi connectivity index (χ4v) is 2.13. The van der Waals surface area contributed by atoms with Crippen LogP contribution in [0.15, 0.2) is 6.07 Å². The van der Waals surface area contributed by atoms with Crippen LogP contribution in [-0.4, -0.2) is 6.61 Å². The molecule has 1 aromatic carbocycles. The van der Waals surface area contributed by atoms with Gasteiger partial charge in [-0.1, -0.05) is 18.5 Å². The Labute approximate surface area is 103 Å². The van der Waals surface area contributed by atoms with Crippen molar-refractivity contribution in [3.05, 3.63) is 27.8 Å². The van der Waals surface area contributed by atoms with Gasteiger partial charge >= 0.3 is 0 Å². The lowest BCUT2D eigenvalue weighted by Gasteiger charge is -2.20. The third-order valence-corrected chi connectivity index (χ3v) is 3.20. The molecule has 16 heavy (non-hydrogen) atoms. The van der Waals surface area contributed by atoms with E-state index in [0.29, 0.717) is 6.61 Å². The zero-order valence-corrected chi connectivity index (χ0v) is 11.2. The minimum absolute atomic E-state index is 0.0149. The van der Waals surface area contributed by atoms with E-state index in [-0.39, 0.29) is 6.04 Å². The maximum Gasteiger partial charge on any atom is 0.127 e. The van der Waals surface area contributed by atoms with Crippen molar-refractivity contribution in [2.75, 3.05) is 6.61 Å². The van der Waals surface area contributed by atoms with Crippen molar-refractivity contribution < 1.29 is 4.74 Å². The molecule has 0 spiro atoms. The van der Waals surface area contributed by atoms with Crippen molar-refractivity contribution in [2.45, 2.75) is 40.2 Å². The molecular weight excluding hydrogens is 222 g/mol. The van der Waals surface area contributed by atoms with Crippen molar-refractivity contribution in [3.63, 3.8) is 0 Å². The molecule has 0 aliphatic carbocycles. The fraction of sp³-hybridized carbons (Fsp3) is 0.538. The second kappa shape index (κ2) is 5.55. The summed E-state index contributed by atoms with van der Waals surface area (Å²) in [5.41, 5.74) is 9.26. The number of ether oxygens (including phenoxy) is 1. The van der Waals surface area contributed by atoms with Crippen molar-refractivity contribution in [1.29, 1.82) is 0 Å². The first-order valence-corrected chi connectivity index (χ1v) is 6.08. The molecule has 0 radical (unpaired) electrons. The van der Waals surface area contributed by atoms with E-state index < -0.39 is 0 Å². The number of benzene rings is 1. The lowest BCUT2D eigenvalue weighted by molar-refractivity contribution is 0.331. The molecule has 0 heterocycles. The highest BCUT2D eigenvalue weighted by Crippen LogP contribution is 2.36. The van der Waals surface area contributed by atoms with E-state index in [4.69, 9.17) is 22.1 Å². The summed E-state index contributed by atoms with van der Waals surface area (Å²) in [4.78, 5) is 0. The maximum atomic E-state index is 6.18. The number of hydrogen-bond acceptors (Lipinski definition) is 2. The summed E-state index contributed by atoms with van der Waals surface area (Å²) in [6, 6.07) is 1.92. The molecule has 0 aliphatic rings. The van der Waals surface area contributed by atoms with Gasteiger partial charge in [0.15, 0.2) is 0 Å². The molecule has 0 saturated carbocycles. The Morgan fingerprint density at radius 2 is 2.00 bits per heavy atom. The molecule has 90 valence electrons. The average molecular weight is 242 g/mol. The highest BCUT2D eigenvalue weighted by molar-refractivity contribution is 6.31. The molecule has 0 aromatic heterocycles. The van der Waals surface area contributed by atoms with Gasteiger partial charge in [-0.2, -0.15) is 0 Å². The van der Waals surface area contributed by atoms with Crippen LogP contribution >= 0.6 is 11.6 Å². The van der Waals surface area contributed by atoms with Crippen molar-refractivity contribution in [2.24, 2.45) is 5.73 Å². The second-order valence-electron chi connectivity index (χ2n) is 3.99. The number of aryl methyl sites for hydroxylation is 1. The van der Waals surface area contributed by atoms with Gasteiger partial charge in [0, 0.05) is 16.6 Å². The van der Waals surface area contributed by atoms with Gasteiger partial charge in [-0.05, 0) is 44.4 Å². The smallest absolute Gasteiger partial charge is 0.127 e. The van der Waals surface area contributed by atoms with Gasteiger partial charge in [-0.15, -0.1) is 0 Å². The van der Waals surface area contributed by atoms with E-state index in [1.807, 2.05) is 26.8 Å². The molecule has 3 heteroatoms. The SMILES string of the molecule is CCOc1c(C)cc(Cl)c(C)c1C(N)CC. The first-order valence-electron chi connectivity index (χ1n) is 5.70. The summed E-state index contributed by atoms with van der Waals surface area (Å²) < 4.78 is 5.69. The molecule has 1 atom stereocenters. The zero-order chi connectivity index (χ0) is 12.3. The van der Waals surface area contributed by atoms with Crippen LogP contribution in [0.3, 0.4) is 0 Å². The van der Waals surface area contributed by atoms with E-state index in [1.165, 1.54) is 0 Å². The van der Waals surface area contributed by atoms with Gasteiger partial charge in [0.05, 0.1) is 6.61 Å². The highest BCUT2D eigenvalue weighted by atomic mass is 35.5. The third-order valence-electron chi connectivity index (χ3n) is 2.81. The van der Waals surface area contributed by atoms with Gasteiger partial charge in [0.1, 0.15) is 5.75 Å². The van der Waals surface area contributed by atoms with E-state index in [2.05, 4.69) is 6.92 Å². The third kappa shape index (κ3) is 2.50. The summed E-state index contributed by atoms with van der Waals surface area (Å²) in [5, 5.41) is 0.764. The summed E-state index contributed by atoms with van der Waals surface area (Å²) in [5.74, 6) is 0.902. The summed E-state index contributed by atoms with van der Waals surface area (Å²) >= 11 is 6.18. The van der Waals surface area contributed by atoms with E-state index in [1.54, 1.807) is 0 Å². The van der Waals surface area contributed by atoms with E-state index in [9.17, 15) is 0 Å². The minimum Gasteiger partial charge on any atom is -0.493 e. The Morgan fingerprint density at radius 1 is 1.38 bits per heavy atom. The molecule has 0 amide bonds. The maximum absolute atomic E-state index is 6.18. The van der Waals surface area contributed by atoms with Gasteiger partial charge < -0.3 is 10.5 Å². The number of rotatable bonds is 4. The Bertz CT molecular complexity index is 377. The molecule has 2 N–H and O–H groups in total. The molecule has 0 bridgehead atoms. The molecule has 0 aliphatic heterocycles. The number of nitrogens with two attached hydrogens (primary N) is 1. The lowest BCUT2D eigenvalue weighted by Crippen LogP contribution is -2.13. The predicted octanol–water partition coefficient (Wildman–Crippen LogP) is 3.77.